The number of fused-ring (bicyclic) bond motifs is 2. The Hall–Kier alpha value is -2.90. The molecule has 0 aromatic heterocycles. The van der Waals surface area contributed by atoms with Crippen LogP contribution in [-0.2, 0) is 24.6 Å². The van der Waals surface area contributed by atoms with E-state index in [1.54, 1.807) is 18.7 Å². The molecule has 0 unspecified atom stereocenters. The fraction of sp³-hybridized carbons (Fsp3) is 0.524. The summed E-state index contributed by atoms with van der Waals surface area (Å²) in [6.07, 6.45) is 2.21. The number of carboxylic acid groups (broad SMARTS) is 1. The van der Waals surface area contributed by atoms with Gasteiger partial charge in [-0.05, 0) is 38.3 Å². The van der Waals surface area contributed by atoms with Gasteiger partial charge in [-0.1, -0.05) is 31.5 Å². The normalized spacial score (nSPS) is 22.4. The Bertz CT molecular complexity index is 807. The van der Waals surface area contributed by atoms with Crippen molar-refractivity contribution in [3.8, 4) is 0 Å². The van der Waals surface area contributed by atoms with E-state index in [-0.39, 0.29) is 30.2 Å². The van der Waals surface area contributed by atoms with Crippen LogP contribution >= 0.6 is 0 Å². The Labute approximate surface area is 170 Å². The van der Waals surface area contributed by atoms with Crippen molar-refractivity contribution in [1.82, 2.24) is 10.2 Å². The highest BCUT2D eigenvalue weighted by Gasteiger charge is 2.59. The van der Waals surface area contributed by atoms with E-state index in [2.05, 4.69) is 17.6 Å². The standard InChI is InChI=1S/C20H27N3O3.CH2O2/c1-5-8-16-20(14-9-6-7-10-15(14)21-17(20)25)11-12-23(16)18(26)19(3,4)22-13(2)24;2-1-3/h6-7,9-10,16H,5,8,11-12H2,1-4H3,(H,21,25)(H,22,24);1H,(H,2,3)/t16-,20+;/m0./s1. The molecule has 8 heteroatoms. The lowest BCUT2D eigenvalue weighted by atomic mass is 9.73. The summed E-state index contributed by atoms with van der Waals surface area (Å²) in [5.41, 5.74) is 0.122. The predicted molar refractivity (Wildman–Crippen MR) is 108 cm³/mol. The third-order valence-corrected chi connectivity index (χ3v) is 5.60. The molecule has 2 atom stereocenters. The first-order valence-corrected chi connectivity index (χ1v) is 9.74. The van der Waals surface area contributed by atoms with Crippen molar-refractivity contribution in [2.24, 2.45) is 0 Å². The Morgan fingerprint density at radius 1 is 1.38 bits per heavy atom. The minimum Gasteiger partial charge on any atom is -0.483 e. The topological polar surface area (TPSA) is 116 Å². The first-order valence-electron chi connectivity index (χ1n) is 9.74. The summed E-state index contributed by atoms with van der Waals surface area (Å²) in [5, 5.41) is 12.6. The molecule has 158 valence electrons. The fourth-order valence-corrected chi connectivity index (χ4v) is 4.57. The summed E-state index contributed by atoms with van der Waals surface area (Å²) in [4.78, 5) is 47.9. The third-order valence-electron chi connectivity index (χ3n) is 5.60. The molecule has 2 heterocycles. The number of carbonyl (C=O) groups is 4. The minimum absolute atomic E-state index is 0.0233. The Balaban J connectivity index is 0.000000941. The number of amides is 3. The SMILES string of the molecule is CCC[C@@H]1N(C(=O)C(C)(C)NC(C)=O)CC[C@]12C(=O)Nc1ccccc12.O=CO. The number of nitrogens with one attached hydrogen (secondary N) is 2. The van der Waals surface area contributed by atoms with E-state index in [4.69, 9.17) is 9.90 Å². The van der Waals surface area contributed by atoms with Gasteiger partial charge in [0, 0.05) is 19.2 Å². The molecule has 1 saturated heterocycles. The van der Waals surface area contributed by atoms with Crippen LogP contribution in [0.3, 0.4) is 0 Å². The summed E-state index contributed by atoms with van der Waals surface area (Å²) in [6, 6.07) is 7.54. The van der Waals surface area contributed by atoms with Crippen molar-refractivity contribution in [3.63, 3.8) is 0 Å². The van der Waals surface area contributed by atoms with Crippen molar-refractivity contribution in [2.75, 3.05) is 11.9 Å². The summed E-state index contributed by atoms with van der Waals surface area (Å²) in [5.74, 6) is -0.404. The smallest absolute Gasteiger partial charge is 0.290 e. The van der Waals surface area contributed by atoms with Gasteiger partial charge in [-0.3, -0.25) is 19.2 Å². The third kappa shape index (κ3) is 3.97. The van der Waals surface area contributed by atoms with Crippen LogP contribution in [0.2, 0.25) is 0 Å². The summed E-state index contributed by atoms with van der Waals surface area (Å²) < 4.78 is 0. The Kier molecular flexibility index (Phi) is 6.66. The highest BCUT2D eigenvalue weighted by atomic mass is 16.3. The monoisotopic (exact) mass is 403 g/mol. The van der Waals surface area contributed by atoms with Crippen LogP contribution in [0.5, 0.6) is 0 Å². The van der Waals surface area contributed by atoms with E-state index in [1.807, 2.05) is 24.3 Å². The largest absolute Gasteiger partial charge is 0.483 e. The summed E-state index contributed by atoms with van der Waals surface area (Å²) >= 11 is 0. The second kappa shape index (κ2) is 8.63. The Morgan fingerprint density at radius 2 is 2.00 bits per heavy atom. The van der Waals surface area contributed by atoms with Crippen molar-refractivity contribution < 1.29 is 24.3 Å². The number of hydrogen-bond donors (Lipinski definition) is 3. The number of carbonyl (C=O) groups excluding carboxylic acids is 3. The predicted octanol–water partition coefficient (Wildman–Crippen LogP) is 1.89. The van der Waals surface area contributed by atoms with E-state index in [9.17, 15) is 14.4 Å². The quantitative estimate of drug-likeness (QED) is 0.664. The second-order valence-electron chi connectivity index (χ2n) is 7.94. The van der Waals surface area contributed by atoms with Crippen LogP contribution in [0.15, 0.2) is 24.3 Å². The Morgan fingerprint density at radius 3 is 2.59 bits per heavy atom. The van der Waals surface area contributed by atoms with Crippen LogP contribution in [0.4, 0.5) is 5.69 Å². The molecule has 29 heavy (non-hydrogen) atoms. The number of hydrogen-bond acceptors (Lipinski definition) is 4. The number of para-hydroxylation sites is 1. The molecule has 3 rings (SSSR count). The number of nitrogens with zero attached hydrogens (tertiary/aromatic N) is 1. The molecule has 1 aromatic rings. The minimum atomic E-state index is -1.00. The molecule has 0 radical (unpaired) electrons. The molecular weight excluding hydrogens is 374 g/mol. The molecule has 0 aliphatic carbocycles. The molecule has 2 aliphatic heterocycles. The first kappa shape index (κ1) is 22.4. The zero-order valence-electron chi connectivity index (χ0n) is 17.3. The van der Waals surface area contributed by atoms with Gasteiger partial charge in [-0.25, -0.2) is 0 Å². The first-order chi connectivity index (χ1) is 13.7. The van der Waals surface area contributed by atoms with E-state index in [0.717, 1.165) is 24.1 Å². The van der Waals surface area contributed by atoms with Gasteiger partial charge in [0.2, 0.25) is 17.7 Å². The van der Waals surface area contributed by atoms with Crippen LogP contribution < -0.4 is 10.6 Å². The van der Waals surface area contributed by atoms with Crippen molar-refractivity contribution in [1.29, 1.82) is 0 Å². The molecule has 0 saturated carbocycles. The molecule has 2 aliphatic rings. The van der Waals surface area contributed by atoms with Gasteiger partial charge in [-0.15, -0.1) is 0 Å². The van der Waals surface area contributed by atoms with Gasteiger partial charge >= 0.3 is 0 Å². The van der Waals surface area contributed by atoms with Crippen LogP contribution in [-0.4, -0.2) is 52.3 Å². The maximum absolute atomic E-state index is 13.2. The highest BCUT2D eigenvalue weighted by Crippen LogP contribution is 2.49. The number of rotatable bonds is 4. The van der Waals surface area contributed by atoms with Gasteiger partial charge in [0.25, 0.3) is 6.47 Å². The number of anilines is 1. The molecule has 3 amide bonds. The van der Waals surface area contributed by atoms with Gasteiger partial charge in [0.1, 0.15) is 5.54 Å². The van der Waals surface area contributed by atoms with Gasteiger partial charge < -0.3 is 20.6 Å². The molecular formula is C21H29N3O5. The van der Waals surface area contributed by atoms with Gasteiger partial charge in [0.05, 0.1) is 11.5 Å². The molecule has 0 bridgehead atoms. The average molecular weight is 403 g/mol. The molecule has 1 aromatic carbocycles. The number of benzene rings is 1. The fourth-order valence-electron chi connectivity index (χ4n) is 4.57. The average Bonchev–Trinajstić information content (AvgIpc) is 3.14. The van der Waals surface area contributed by atoms with E-state index in [0.29, 0.717) is 13.0 Å². The number of likely N-dealkylation sites (tertiary alicyclic amines) is 1. The van der Waals surface area contributed by atoms with E-state index < -0.39 is 11.0 Å². The van der Waals surface area contributed by atoms with Gasteiger partial charge in [0.15, 0.2) is 0 Å². The second-order valence-corrected chi connectivity index (χ2v) is 7.94. The van der Waals surface area contributed by atoms with E-state index in [1.165, 1.54) is 6.92 Å². The maximum Gasteiger partial charge on any atom is 0.290 e. The van der Waals surface area contributed by atoms with Crippen LogP contribution in [0.1, 0.15) is 52.5 Å². The van der Waals surface area contributed by atoms with Crippen molar-refractivity contribution >= 4 is 29.9 Å². The zero-order valence-corrected chi connectivity index (χ0v) is 17.3. The summed E-state index contributed by atoms with van der Waals surface area (Å²) in [7, 11) is 0. The zero-order chi connectivity index (χ0) is 21.8. The molecule has 8 nitrogen and oxygen atoms in total. The van der Waals surface area contributed by atoms with Crippen LogP contribution in [0.25, 0.3) is 0 Å². The van der Waals surface area contributed by atoms with Crippen molar-refractivity contribution in [2.45, 2.75) is 64.0 Å². The van der Waals surface area contributed by atoms with Gasteiger partial charge in [-0.2, -0.15) is 0 Å². The lowest BCUT2D eigenvalue weighted by Crippen LogP contribution is -2.58. The maximum atomic E-state index is 13.2. The molecule has 1 spiro atoms. The molecule has 1 fully saturated rings. The summed E-state index contributed by atoms with van der Waals surface area (Å²) in [6.45, 7) is 7.16. The lowest BCUT2D eigenvalue weighted by molar-refractivity contribution is -0.141. The lowest BCUT2D eigenvalue weighted by Gasteiger charge is -2.37. The van der Waals surface area contributed by atoms with Crippen molar-refractivity contribution in [3.05, 3.63) is 29.8 Å². The highest BCUT2D eigenvalue weighted by molar-refractivity contribution is 6.08. The van der Waals surface area contributed by atoms with E-state index >= 15 is 0 Å². The molecule has 3 N–H and O–H groups in total. The van der Waals surface area contributed by atoms with Crippen LogP contribution in [0, 0.1) is 0 Å².